The summed E-state index contributed by atoms with van der Waals surface area (Å²) in [4.78, 5) is 0. The normalized spacial score (nSPS) is 29.8. The second-order valence-electron chi connectivity index (χ2n) is 11.7. The molecule has 2 aliphatic carbocycles. The molecule has 0 bridgehead atoms. The van der Waals surface area contributed by atoms with Crippen molar-refractivity contribution in [2.24, 2.45) is 22.7 Å². The second-order valence-corrected chi connectivity index (χ2v) is 11.7. The third-order valence-corrected chi connectivity index (χ3v) is 7.82. The molecule has 4 rings (SSSR count). The fraction of sp³-hybridized carbons (Fsp3) is 0.571. The van der Waals surface area contributed by atoms with Gasteiger partial charge in [-0.15, -0.1) is 12.2 Å². The topological polar surface area (TPSA) is 46.1 Å². The monoisotopic (exact) mass is 482 g/mol. The molecule has 0 saturated heterocycles. The first-order chi connectivity index (χ1) is 14.0. The number of hydrogen-bond acceptors (Lipinski definition) is 2. The number of rotatable bonds is 1. The first-order valence-electron chi connectivity index (χ1n) is 11.5. The van der Waals surface area contributed by atoms with E-state index in [0.29, 0.717) is 0 Å². The molecule has 0 heterocycles. The van der Waals surface area contributed by atoms with Gasteiger partial charge >= 0.3 is 103 Å². The van der Waals surface area contributed by atoms with Crippen molar-refractivity contribution in [2.45, 2.75) is 78.4 Å². The fourth-order valence-corrected chi connectivity index (χ4v) is 6.04. The molecule has 0 amide bonds. The van der Waals surface area contributed by atoms with Gasteiger partial charge in [0.15, 0.2) is 0 Å². The van der Waals surface area contributed by atoms with Crippen LogP contribution in [0.5, 0.6) is 0 Å². The zero-order valence-electron chi connectivity index (χ0n) is 21.3. The Morgan fingerprint density at radius 2 is 0.906 bits per heavy atom. The summed E-state index contributed by atoms with van der Waals surface area (Å²) in [6.07, 6.45) is 0.0804. The van der Waals surface area contributed by atoms with Crippen molar-refractivity contribution in [1.29, 1.82) is 0 Å². The van der Waals surface area contributed by atoms with Crippen LogP contribution in [-0.2, 0) is 12.8 Å². The third-order valence-electron chi connectivity index (χ3n) is 7.82. The smallest absolute Gasteiger partial charge is 0.851 e. The van der Waals surface area contributed by atoms with Gasteiger partial charge in [-0.05, 0) is 69.6 Å². The van der Waals surface area contributed by atoms with Crippen molar-refractivity contribution in [2.75, 3.05) is 0 Å². The van der Waals surface area contributed by atoms with Crippen LogP contribution in [0.4, 0.5) is 0 Å². The van der Waals surface area contributed by atoms with Gasteiger partial charge in [-0.3, -0.25) is 0 Å². The van der Waals surface area contributed by atoms with Gasteiger partial charge in [0.25, 0.3) is 0 Å². The Kier molecular flexibility index (Phi) is 10.6. The summed E-state index contributed by atoms with van der Waals surface area (Å²) in [6.45, 7) is 13.1. The van der Waals surface area contributed by atoms with Crippen LogP contribution in [0.1, 0.15) is 75.6 Å². The van der Waals surface area contributed by atoms with Crippen LogP contribution in [0, 0.1) is 22.7 Å². The predicted octanol–water partition coefficient (Wildman–Crippen LogP) is -1.54. The molecule has 4 heteroatoms. The minimum Gasteiger partial charge on any atom is -0.851 e. The molecular formula is C28H36K2O2. The van der Waals surface area contributed by atoms with E-state index >= 15 is 0 Å². The maximum atomic E-state index is 14.1. The van der Waals surface area contributed by atoms with Gasteiger partial charge in [-0.1, -0.05) is 90.1 Å². The van der Waals surface area contributed by atoms with Gasteiger partial charge in [-0.25, -0.2) is 0 Å². The Bertz CT molecular complexity index is 837. The summed E-state index contributed by atoms with van der Waals surface area (Å²) in [6, 6.07) is 16.8. The summed E-state index contributed by atoms with van der Waals surface area (Å²) >= 11 is 0. The molecule has 0 N–H and O–H groups in total. The predicted molar refractivity (Wildman–Crippen MR) is 119 cm³/mol. The summed E-state index contributed by atoms with van der Waals surface area (Å²) in [7, 11) is 0. The van der Waals surface area contributed by atoms with Crippen LogP contribution in [0.2, 0.25) is 0 Å². The van der Waals surface area contributed by atoms with Gasteiger partial charge in [-0.2, -0.15) is 0 Å². The number of hydrogen-bond donors (Lipinski definition) is 0. The summed E-state index contributed by atoms with van der Waals surface area (Å²) in [5, 5.41) is 28.2. The van der Waals surface area contributed by atoms with E-state index in [2.05, 4.69) is 77.9 Å². The number of fused-ring (bicyclic) bond motifs is 2. The van der Waals surface area contributed by atoms with Crippen LogP contribution >= 0.6 is 0 Å². The van der Waals surface area contributed by atoms with E-state index in [9.17, 15) is 10.2 Å². The molecule has 0 aliphatic heterocycles. The Hall–Kier alpha value is 1.63. The molecule has 0 saturated carbocycles. The summed E-state index contributed by atoms with van der Waals surface area (Å²) in [5.41, 5.74) is 4.58. The molecule has 2 aromatic rings. The van der Waals surface area contributed by atoms with E-state index in [1.54, 1.807) is 0 Å². The summed E-state index contributed by atoms with van der Waals surface area (Å²) < 4.78 is 0. The van der Waals surface area contributed by atoms with Gasteiger partial charge in [0.2, 0.25) is 0 Å². The van der Waals surface area contributed by atoms with Crippen molar-refractivity contribution < 1.29 is 113 Å². The van der Waals surface area contributed by atoms with Crippen LogP contribution in [-0.4, -0.2) is 12.2 Å². The molecule has 162 valence electrons. The Labute approximate surface area is 280 Å². The molecule has 2 aliphatic rings. The van der Waals surface area contributed by atoms with E-state index in [0.717, 1.165) is 24.0 Å². The number of benzene rings is 2. The van der Waals surface area contributed by atoms with E-state index in [1.165, 1.54) is 11.1 Å². The molecule has 0 aromatic heterocycles. The van der Waals surface area contributed by atoms with Gasteiger partial charge < -0.3 is 10.2 Å². The van der Waals surface area contributed by atoms with Crippen molar-refractivity contribution in [1.82, 2.24) is 0 Å². The standard InChI is InChI=1S/C28H36O2.2K/c1-27(2,3)21-15-17-11-7-9-13-19(17)23(25(21)29)24-20-14-10-8-12-18(20)16-22(26(24)30)28(4,5)6;;/h7-14,21-26H,15-16H2,1-6H3;;/q-2;2*+1/t21?,22?,23-,24?,25-,26?;;/m0../s1. The van der Waals surface area contributed by atoms with Crippen molar-refractivity contribution in [3.8, 4) is 0 Å². The zero-order valence-corrected chi connectivity index (χ0v) is 27.6. The Morgan fingerprint density at radius 1 is 0.594 bits per heavy atom. The molecule has 2 nitrogen and oxygen atoms in total. The van der Waals surface area contributed by atoms with Crippen LogP contribution < -0.4 is 113 Å². The maximum absolute atomic E-state index is 14.1. The summed E-state index contributed by atoms with van der Waals surface area (Å²) in [5.74, 6) is -0.500. The Balaban J connectivity index is 0.00000181. The first-order valence-corrected chi connectivity index (χ1v) is 11.5. The van der Waals surface area contributed by atoms with Crippen molar-refractivity contribution >= 4 is 0 Å². The molecular weight excluding hydrogens is 447 g/mol. The van der Waals surface area contributed by atoms with E-state index in [4.69, 9.17) is 0 Å². The minimum atomic E-state index is -0.770. The molecule has 4 unspecified atom stereocenters. The molecule has 6 atom stereocenters. The van der Waals surface area contributed by atoms with Crippen molar-refractivity contribution in [3.05, 3.63) is 70.8 Å². The average molecular weight is 483 g/mol. The second kappa shape index (κ2) is 11.4. The minimum absolute atomic E-state index is 0. The van der Waals surface area contributed by atoms with E-state index in [-0.39, 0.29) is 137 Å². The zero-order chi connectivity index (χ0) is 21.8. The van der Waals surface area contributed by atoms with Crippen molar-refractivity contribution in [3.63, 3.8) is 0 Å². The van der Waals surface area contributed by atoms with Gasteiger partial charge in [0.05, 0.1) is 0 Å². The Morgan fingerprint density at radius 3 is 1.22 bits per heavy atom. The SMILES string of the molecule is CC(C)(C)C1Cc2ccccc2C([C@@H]2c3ccccc3CC(C(C)(C)C)[C@@H]2[O-])C1[O-].[K+].[K+]. The molecule has 2 aromatic carbocycles. The van der Waals surface area contributed by atoms with Gasteiger partial charge in [0.1, 0.15) is 0 Å². The maximum Gasteiger partial charge on any atom is 1.00 e. The molecule has 32 heavy (non-hydrogen) atoms. The fourth-order valence-electron chi connectivity index (χ4n) is 6.04. The van der Waals surface area contributed by atoms with Crippen LogP contribution in [0.15, 0.2) is 48.5 Å². The van der Waals surface area contributed by atoms with Gasteiger partial charge in [0, 0.05) is 0 Å². The molecule has 0 fully saturated rings. The molecule has 0 spiro atoms. The van der Waals surface area contributed by atoms with E-state index in [1.807, 2.05) is 12.1 Å². The quantitative estimate of drug-likeness (QED) is 0.463. The first kappa shape index (κ1) is 29.9. The van der Waals surface area contributed by atoms with E-state index < -0.39 is 12.2 Å². The average Bonchev–Trinajstić information content (AvgIpc) is 2.66. The largest absolute Gasteiger partial charge is 1.00 e. The third kappa shape index (κ3) is 5.78. The molecule has 0 radical (unpaired) electrons. The van der Waals surface area contributed by atoms with Crippen LogP contribution in [0.3, 0.4) is 0 Å². The van der Waals surface area contributed by atoms with Crippen LogP contribution in [0.25, 0.3) is 0 Å².